The molecule has 4 aliphatic carbocycles. The van der Waals surface area contributed by atoms with Gasteiger partial charge in [0.25, 0.3) is 0 Å². The molecule has 8 heteroatoms. The van der Waals surface area contributed by atoms with E-state index in [4.69, 9.17) is 4.74 Å². The number of hydrogen-bond donors (Lipinski definition) is 5. The van der Waals surface area contributed by atoms with E-state index in [2.05, 4.69) is 6.58 Å². The first-order valence-corrected chi connectivity index (χ1v) is 14.5. The molecular weight excluding hydrogens is 524 g/mol. The van der Waals surface area contributed by atoms with Crippen LogP contribution >= 0.6 is 0 Å². The second kappa shape index (κ2) is 9.32. The maximum Gasteiger partial charge on any atom is 0.338 e. The molecule has 0 spiro atoms. The molecule has 224 valence electrons. The van der Waals surface area contributed by atoms with Gasteiger partial charge >= 0.3 is 5.97 Å². The summed E-state index contributed by atoms with van der Waals surface area (Å²) >= 11 is 0. The fourth-order valence-electron chi connectivity index (χ4n) is 9.16. The number of carbonyl (C=O) groups is 2. The molecule has 0 radical (unpaired) electrons. The van der Waals surface area contributed by atoms with E-state index in [0.717, 1.165) is 0 Å². The summed E-state index contributed by atoms with van der Waals surface area (Å²) in [4.78, 5) is 27.2. The van der Waals surface area contributed by atoms with Gasteiger partial charge in [0.1, 0.15) is 11.7 Å². The van der Waals surface area contributed by atoms with E-state index in [1.165, 1.54) is 0 Å². The van der Waals surface area contributed by atoms with Crippen LogP contribution in [0, 0.1) is 39.9 Å². The van der Waals surface area contributed by atoms with E-state index in [0.29, 0.717) is 6.42 Å². The summed E-state index contributed by atoms with van der Waals surface area (Å²) in [7, 11) is 0. The predicted molar refractivity (Wildman–Crippen MR) is 151 cm³/mol. The van der Waals surface area contributed by atoms with E-state index in [9.17, 15) is 35.1 Å². The summed E-state index contributed by atoms with van der Waals surface area (Å²) < 4.78 is 6.12. The zero-order valence-electron chi connectivity index (χ0n) is 24.8. The highest BCUT2D eigenvalue weighted by atomic mass is 16.6. The van der Waals surface area contributed by atoms with Crippen molar-refractivity contribution in [3.63, 3.8) is 0 Å². The topological polar surface area (TPSA) is 145 Å². The second-order valence-electron chi connectivity index (χ2n) is 14.5. The van der Waals surface area contributed by atoms with E-state index < -0.39 is 87.8 Å². The minimum absolute atomic E-state index is 0.205. The number of benzene rings is 1. The largest absolute Gasteiger partial charge is 0.455 e. The summed E-state index contributed by atoms with van der Waals surface area (Å²) in [5.41, 5.74) is -6.37. The first-order valence-electron chi connectivity index (χ1n) is 14.5. The minimum atomic E-state index is -2.26. The van der Waals surface area contributed by atoms with E-state index in [1.54, 1.807) is 50.3 Å². The van der Waals surface area contributed by atoms with Gasteiger partial charge in [-0.05, 0) is 72.6 Å². The summed E-state index contributed by atoms with van der Waals surface area (Å²) in [6, 6.07) is 8.36. The maximum absolute atomic E-state index is 13.7. The molecule has 8 nitrogen and oxygen atoms in total. The molecule has 4 aliphatic rings. The average molecular weight is 569 g/mol. The molecule has 0 unspecified atom stereocenters. The number of rotatable bonds is 5. The molecule has 11 atom stereocenters. The lowest BCUT2D eigenvalue weighted by molar-refractivity contribution is -0.259. The fourth-order valence-corrected chi connectivity index (χ4v) is 9.16. The highest BCUT2D eigenvalue weighted by Gasteiger charge is 2.82. The van der Waals surface area contributed by atoms with E-state index >= 15 is 0 Å². The first kappa shape index (κ1) is 30.1. The molecule has 1 aromatic rings. The van der Waals surface area contributed by atoms with Gasteiger partial charge in [0.2, 0.25) is 0 Å². The lowest BCUT2D eigenvalue weighted by atomic mass is 9.44. The van der Waals surface area contributed by atoms with Gasteiger partial charge < -0.3 is 30.3 Å². The number of esters is 1. The summed E-state index contributed by atoms with van der Waals surface area (Å²) in [5.74, 6) is -4.29. The molecule has 0 amide bonds. The third kappa shape index (κ3) is 3.84. The van der Waals surface area contributed by atoms with Gasteiger partial charge in [0, 0.05) is 17.3 Å². The molecule has 0 saturated heterocycles. The fraction of sp³-hybridized carbons (Fsp3) is 0.636. The van der Waals surface area contributed by atoms with Crippen molar-refractivity contribution < 1.29 is 39.9 Å². The van der Waals surface area contributed by atoms with Gasteiger partial charge in [-0.25, -0.2) is 4.79 Å². The summed E-state index contributed by atoms with van der Waals surface area (Å²) in [5, 5.41) is 59.5. The van der Waals surface area contributed by atoms with Crippen LogP contribution in [-0.2, 0) is 9.53 Å². The van der Waals surface area contributed by atoms with Crippen LogP contribution in [0.1, 0.15) is 64.7 Å². The van der Waals surface area contributed by atoms with Crippen LogP contribution in [0.3, 0.4) is 0 Å². The van der Waals surface area contributed by atoms with Crippen LogP contribution in [0.25, 0.3) is 0 Å². The SMILES string of the molecule is C=C(C)[C@@]1(O)[C@H](O)[C@@H]2[C@@H]3C[C@]3(CO)[C@@H](O)[C@]3(O)C(=O)C(C)=C[C@H]3[C@@]2(CC(C)(C)C)[C@H](C)[C@H]1OC(=O)c1ccccc1. The van der Waals surface area contributed by atoms with E-state index in [1.807, 2.05) is 27.7 Å². The van der Waals surface area contributed by atoms with Crippen molar-refractivity contribution in [3.05, 3.63) is 59.7 Å². The van der Waals surface area contributed by atoms with Crippen molar-refractivity contribution in [3.8, 4) is 0 Å². The van der Waals surface area contributed by atoms with Crippen molar-refractivity contribution in [2.24, 2.45) is 39.9 Å². The molecule has 5 rings (SSSR count). The Labute approximate surface area is 241 Å². The predicted octanol–water partition coefficient (Wildman–Crippen LogP) is 2.82. The van der Waals surface area contributed by atoms with Gasteiger partial charge in [-0.3, -0.25) is 4.79 Å². The molecule has 41 heavy (non-hydrogen) atoms. The minimum Gasteiger partial charge on any atom is -0.455 e. The Morgan fingerprint density at radius 1 is 1.15 bits per heavy atom. The third-order valence-electron chi connectivity index (χ3n) is 11.0. The monoisotopic (exact) mass is 568 g/mol. The molecule has 0 heterocycles. The van der Waals surface area contributed by atoms with Gasteiger partial charge in [0.15, 0.2) is 11.4 Å². The number of ether oxygens (including phenoxy) is 1. The first-order chi connectivity index (χ1) is 18.9. The zero-order valence-corrected chi connectivity index (χ0v) is 24.8. The van der Waals surface area contributed by atoms with Crippen molar-refractivity contribution in [2.45, 2.75) is 83.9 Å². The van der Waals surface area contributed by atoms with Gasteiger partial charge in [0.05, 0.1) is 24.4 Å². The maximum atomic E-state index is 13.7. The molecule has 1 aromatic carbocycles. The smallest absolute Gasteiger partial charge is 0.338 e. The van der Waals surface area contributed by atoms with Crippen LogP contribution in [0.4, 0.5) is 0 Å². The van der Waals surface area contributed by atoms with Crippen LogP contribution < -0.4 is 0 Å². The normalized spacial score (nSPS) is 45.1. The highest BCUT2D eigenvalue weighted by molar-refractivity contribution is 6.05. The number of hydrogen-bond acceptors (Lipinski definition) is 8. The molecule has 3 saturated carbocycles. The molecule has 5 N–H and O–H groups in total. The van der Waals surface area contributed by atoms with Crippen molar-refractivity contribution >= 4 is 11.8 Å². The van der Waals surface area contributed by atoms with Gasteiger partial charge in [-0.15, -0.1) is 0 Å². The number of Topliss-reactive ketones (excluding diaryl/α,β-unsaturated/α-hetero) is 1. The van der Waals surface area contributed by atoms with E-state index in [-0.39, 0.29) is 23.1 Å². The summed E-state index contributed by atoms with van der Waals surface area (Å²) in [6.07, 6.45) is -2.13. The number of aliphatic hydroxyl groups excluding tert-OH is 3. The third-order valence-corrected chi connectivity index (χ3v) is 11.0. The Morgan fingerprint density at radius 2 is 1.76 bits per heavy atom. The summed E-state index contributed by atoms with van der Waals surface area (Å²) in [6.45, 7) is 14.6. The van der Waals surface area contributed by atoms with Crippen LogP contribution in [0.2, 0.25) is 0 Å². The number of ketones is 1. The van der Waals surface area contributed by atoms with Gasteiger partial charge in [-0.2, -0.15) is 0 Å². The lowest BCUT2D eigenvalue weighted by Gasteiger charge is -2.63. The average Bonchev–Trinajstić information content (AvgIpc) is 3.60. The molecule has 0 bridgehead atoms. The Morgan fingerprint density at radius 3 is 2.29 bits per heavy atom. The van der Waals surface area contributed by atoms with Gasteiger partial charge in [-0.1, -0.05) is 58.5 Å². The molecule has 3 fully saturated rings. The Bertz CT molecular complexity index is 1300. The number of carbonyl (C=O) groups excluding carboxylic acids is 2. The molecule has 0 aliphatic heterocycles. The lowest BCUT2D eigenvalue weighted by Crippen LogP contribution is -2.73. The molecule has 0 aromatic heterocycles. The van der Waals surface area contributed by atoms with Crippen LogP contribution in [0.5, 0.6) is 0 Å². The zero-order chi connectivity index (χ0) is 30.5. The van der Waals surface area contributed by atoms with Crippen LogP contribution in [-0.4, -0.2) is 73.4 Å². The standard InChI is InChI=1S/C33H44O8/c1-17(2)32(39)25(36)23-21-14-30(21,16-34)28(38)33(40)22(13-18(3)24(33)35)31(23,15-29(5,6)7)19(4)26(32)41-27(37)20-11-9-8-10-12-20/h8-13,19,21-23,25-26,28,34,36,38-40H,1,14-16H2,2-7H3/t19-,21+,22+,23+,25-,26-,28-,30-,31-,32-,33-/m1/s1. The van der Waals surface area contributed by atoms with Crippen molar-refractivity contribution in [1.29, 1.82) is 0 Å². The second-order valence-corrected chi connectivity index (χ2v) is 14.5. The quantitative estimate of drug-likeness (QED) is 0.269. The number of fused-ring (bicyclic) bond motifs is 5. The Hall–Kier alpha value is -2.36. The Balaban J connectivity index is 1.79. The number of aliphatic hydroxyl groups is 5. The van der Waals surface area contributed by atoms with Crippen LogP contribution in [0.15, 0.2) is 54.1 Å². The molecular formula is C33H44O8. The highest BCUT2D eigenvalue weighted by Crippen LogP contribution is 2.76. The van der Waals surface area contributed by atoms with Crippen molar-refractivity contribution in [1.82, 2.24) is 0 Å². The Kier molecular flexibility index (Phi) is 6.84. The van der Waals surface area contributed by atoms with Crippen molar-refractivity contribution in [2.75, 3.05) is 6.61 Å².